The molecule has 104 valence electrons. The van der Waals surface area contributed by atoms with E-state index in [0.29, 0.717) is 5.82 Å². The van der Waals surface area contributed by atoms with Crippen LogP contribution in [0.25, 0.3) is 11.4 Å². The van der Waals surface area contributed by atoms with Gasteiger partial charge in [-0.3, -0.25) is 0 Å². The smallest absolute Gasteiger partial charge is 0.204 e. The summed E-state index contributed by atoms with van der Waals surface area (Å²) in [7, 11) is 1.63. The molecule has 21 heavy (non-hydrogen) atoms. The van der Waals surface area contributed by atoms with Crippen LogP contribution in [0.5, 0.6) is 5.75 Å². The highest BCUT2D eigenvalue weighted by Gasteiger charge is 2.01. The molecule has 1 heterocycles. The largest absolute Gasteiger partial charge is 0.497 e. The lowest BCUT2D eigenvalue weighted by Gasteiger charge is -1.98. The second kappa shape index (κ2) is 5.91. The zero-order valence-corrected chi connectivity index (χ0v) is 11.3. The van der Waals surface area contributed by atoms with Crippen LogP contribution in [0.4, 0.5) is 11.4 Å². The zero-order chi connectivity index (χ0) is 14.5. The number of aromatic nitrogens is 4. The predicted octanol–water partition coefficient (Wildman–Crippen LogP) is 3.29. The average Bonchev–Trinajstić information content (AvgIpc) is 3.08. The van der Waals surface area contributed by atoms with E-state index in [1.165, 1.54) is 0 Å². The molecule has 1 aromatic heterocycles. The molecule has 3 aromatic rings. The molecule has 0 saturated heterocycles. The monoisotopic (exact) mass is 280 g/mol. The molecule has 0 amide bonds. The lowest BCUT2D eigenvalue weighted by Crippen LogP contribution is -1.80. The van der Waals surface area contributed by atoms with Gasteiger partial charge in [0.2, 0.25) is 5.82 Å². The number of methoxy groups -OCH3 is 1. The number of tetrazole rings is 1. The Balaban J connectivity index is 1.73. The van der Waals surface area contributed by atoms with Crippen LogP contribution in [0.3, 0.4) is 0 Å². The minimum atomic E-state index is 0.550. The Hall–Kier alpha value is -3.09. The highest BCUT2D eigenvalue weighted by atomic mass is 16.5. The van der Waals surface area contributed by atoms with Crippen LogP contribution in [-0.4, -0.2) is 27.7 Å². The van der Waals surface area contributed by atoms with Gasteiger partial charge in [0.15, 0.2) is 0 Å². The van der Waals surface area contributed by atoms with Crippen molar-refractivity contribution < 1.29 is 4.74 Å². The summed E-state index contributed by atoms with van der Waals surface area (Å²) in [5.41, 5.74) is 2.38. The summed E-state index contributed by atoms with van der Waals surface area (Å²) >= 11 is 0. The third-order valence-electron chi connectivity index (χ3n) is 2.82. The van der Waals surface area contributed by atoms with Crippen LogP contribution in [0.15, 0.2) is 58.8 Å². The van der Waals surface area contributed by atoms with E-state index in [9.17, 15) is 0 Å². The quantitative estimate of drug-likeness (QED) is 0.742. The van der Waals surface area contributed by atoms with Gasteiger partial charge in [0.05, 0.1) is 18.5 Å². The van der Waals surface area contributed by atoms with Crippen LogP contribution < -0.4 is 4.74 Å². The van der Waals surface area contributed by atoms with Gasteiger partial charge in [-0.05, 0) is 53.7 Å². The summed E-state index contributed by atoms with van der Waals surface area (Å²) in [5, 5.41) is 22.1. The van der Waals surface area contributed by atoms with Crippen molar-refractivity contribution >= 4 is 11.4 Å². The number of ether oxygens (including phenoxy) is 1. The Morgan fingerprint density at radius 1 is 0.905 bits per heavy atom. The number of hydrogen-bond acceptors (Lipinski definition) is 6. The first-order valence-corrected chi connectivity index (χ1v) is 6.25. The van der Waals surface area contributed by atoms with E-state index in [1.54, 1.807) is 7.11 Å². The lowest BCUT2D eigenvalue weighted by atomic mass is 10.2. The maximum Gasteiger partial charge on any atom is 0.204 e. The molecule has 1 N–H and O–H groups in total. The third-order valence-corrected chi connectivity index (χ3v) is 2.82. The van der Waals surface area contributed by atoms with E-state index in [0.717, 1.165) is 22.7 Å². The van der Waals surface area contributed by atoms with Gasteiger partial charge in [0.1, 0.15) is 5.75 Å². The topological polar surface area (TPSA) is 88.4 Å². The number of rotatable bonds is 4. The highest BCUT2D eigenvalue weighted by Crippen LogP contribution is 2.22. The molecule has 0 aliphatic carbocycles. The van der Waals surface area contributed by atoms with Crippen molar-refractivity contribution in [2.24, 2.45) is 10.2 Å². The molecule has 0 aliphatic rings. The Bertz CT molecular complexity index is 719. The molecule has 0 unspecified atom stereocenters. The summed E-state index contributed by atoms with van der Waals surface area (Å²) in [5.74, 6) is 1.34. The Morgan fingerprint density at radius 3 is 2.05 bits per heavy atom. The fraction of sp³-hybridized carbons (Fsp3) is 0.0714. The first kappa shape index (κ1) is 12.9. The highest BCUT2D eigenvalue weighted by molar-refractivity contribution is 5.57. The molecular weight excluding hydrogens is 268 g/mol. The van der Waals surface area contributed by atoms with E-state index >= 15 is 0 Å². The van der Waals surface area contributed by atoms with Gasteiger partial charge in [-0.15, -0.1) is 10.2 Å². The number of nitrogens with zero attached hydrogens (tertiary/aromatic N) is 5. The Labute approximate surface area is 120 Å². The van der Waals surface area contributed by atoms with Gasteiger partial charge in [-0.1, -0.05) is 0 Å². The van der Waals surface area contributed by atoms with E-state index in [1.807, 2.05) is 48.5 Å². The molecule has 0 bridgehead atoms. The van der Waals surface area contributed by atoms with Crippen LogP contribution in [0.2, 0.25) is 0 Å². The first-order chi connectivity index (χ1) is 10.3. The minimum Gasteiger partial charge on any atom is -0.497 e. The van der Waals surface area contributed by atoms with E-state index < -0.39 is 0 Å². The predicted molar refractivity (Wildman–Crippen MR) is 76.8 cm³/mol. The van der Waals surface area contributed by atoms with Gasteiger partial charge in [0, 0.05) is 5.56 Å². The fourth-order valence-corrected chi connectivity index (χ4v) is 1.73. The molecule has 0 atom stereocenters. The summed E-state index contributed by atoms with van der Waals surface area (Å²) in [4.78, 5) is 0. The van der Waals surface area contributed by atoms with Crippen molar-refractivity contribution in [3.05, 3.63) is 48.5 Å². The lowest BCUT2D eigenvalue weighted by molar-refractivity contribution is 0.415. The van der Waals surface area contributed by atoms with Gasteiger partial charge in [-0.25, -0.2) is 0 Å². The van der Waals surface area contributed by atoms with E-state index in [4.69, 9.17) is 4.74 Å². The number of aromatic amines is 1. The minimum absolute atomic E-state index is 0.550. The maximum atomic E-state index is 5.09. The number of nitrogens with one attached hydrogen (secondary N) is 1. The Kier molecular flexibility index (Phi) is 3.64. The van der Waals surface area contributed by atoms with E-state index in [2.05, 4.69) is 30.9 Å². The molecule has 7 heteroatoms. The van der Waals surface area contributed by atoms with Crippen molar-refractivity contribution in [2.75, 3.05) is 7.11 Å². The standard InChI is InChI=1S/C14H12N6O/c1-21-13-8-6-12(7-9-13)16-15-11-4-2-10(3-5-11)14-17-19-20-18-14/h2-9H,1H3,(H,17,18,19,20). The van der Waals surface area contributed by atoms with Gasteiger partial charge in [0.25, 0.3) is 0 Å². The average molecular weight is 280 g/mol. The molecule has 0 saturated carbocycles. The number of H-pyrrole nitrogens is 1. The third kappa shape index (κ3) is 3.08. The van der Waals surface area contributed by atoms with Gasteiger partial charge >= 0.3 is 0 Å². The first-order valence-electron chi connectivity index (χ1n) is 6.25. The molecule has 0 radical (unpaired) electrons. The van der Waals surface area contributed by atoms with Crippen LogP contribution in [0, 0.1) is 0 Å². The Morgan fingerprint density at radius 2 is 1.52 bits per heavy atom. The molecular formula is C14H12N6O. The second-order valence-corrected chi connectivity index (χ2v) is 4.18. The number of benzene rings is 2. The van der Waals surface area contributed by atoms with Gasteiger partial charge in [-0.2, -0.15) is 15.4 Å². The number of hydrogen-bond donors (Lipinski definition) is 1. The van der Waals surface area contributed by atoms with Crippen molar-refractivity contribution in [2.45, 2.75) is 0 Å². The fourth-order valence-electron chi connectivity index (χ4n) is 1.73. The van der Waals surface area contributed by atoms with Crippen LogP contribution in [-0.2, 0) is 0 Å². The number of azo groups is 1. The SMILES string of the molecule is COc1ccc(N=Nc2ccc(-c3nn[nH]n3)cc2)cc1. The molecule has 0 fully saturated rings. The zero-order valence-electron chi connectivity index (χ0n) is 11.3. The van der Waals surface area contributed by atoms with Crippen molar-refractivity contribution in [3.8, 4) is 17.1 Å². The maximum absolute atomic E-state index is 5.09. The van der Waals surface area contributed by atoms with Crippen molar-refractivity contribution in [3.63, 3.8) is 0 Å². The molecule has 7 nitrogen and oxygen atoms in total. The van der Waals surface area contributed by atoms with Crippen molar-refractivity contribution in [1.29, 1.82) is 0 Å². The molecule has 0 spiro atoms. The summed E-state index contributed by atoms with van der Waals surface area (Å²) in [6.45, 7) is 0. The second-order valence-electron chi connectivity index (χ2n) is 4.18. The van der Waals surface area contributed by atoms with Crippen molar-refractivity contribution in [1.82, 2.24) is 20.6 Å². The van der Waals surface area contributed by atoms with E-state index in [-0.39, 0.29) is 0 Å². The summed E-state index contributed by atoms with van der Waals surface area (Å²) in [6.07, 6.45) is 0. The van der Waals surface area contributed by atoms with Crippen LogP contribution >= 0.6 is 0 Å². The molecule has 2 aromatic carbocycles. The molecule has 0 aliphatic heterocycles. The summed E-state index contributed by atoms with van der Waals surface area (Å²) in [6, 6.07) is 14.8. The van der Waals surface area contributed by atoms with Gasteiger partial charge < -0.3 is 4.74 Å². The van der Waals surface area contributed by atoms with Crippen LogP contribution in [0.1, 0.15) is 0 Å². The molecule has 3 rings (SSSR count). The summed E-state index contributed by atoms with van der Waals surface area (Å²) < 4.78 is 5.09. The normalized spacial score (nSPS) is 10.9.